The van der Waals surface area contributed by atoms with E-state index in [-0.39, 0.29) is 5.91 Å². The zero-order valence-electron chi connectivity index (χ0n) is 21.5. The number of nitrogens with one attached hydrogen (secondary N) is 3. The van der Waals surface area contributed by atoms with Crippen LogP contribution in [0, 0.1) is 0 Å². The Morgan fingerprint density at radius 2 is 1.64 bits per heavy atom. The van der Waals surface area contributed by atoms with Gasteiger partial charge in [-0.15, -0.1) is 0 Å². The van der Waals surface area contributed by atoms with E-state index in [1.807, 2.05) is 39.8 Å². The van der Waals surface area contributed by atoms with Crippen molar-refractivity contribution in [3.63, 3.8) is 0 Å². The van der Waals surface area contributed by atoms with Crippen molar-refractivity contribution in [3.8, 4) is 6.01 Å². The summed E-state index contributed by atoms with van der Waals surface area (Å²) < 4.78 is 10.7. The Kier molecular flexibility index (Phi) is 12.4. The van der Waals surface area contributed by atoms with Crippen LogP contribution in [0.1, 0.15) is 68.7 Å². The molecule has 0 fully saturated rings. The van der Waals surface area contributed by atoms with Crippen molar-refractivity contribution >= 4 is 33.9 Å². The number of alkyl halides is 1. The third-order valence-corrected chi connectivity index (χ3v) is 5.22. The number of benzene rings is 1. The summed E-state index contributed by atoms with van der Waals surface area (Å²) >= 11 is 3.41. The van der Waals surface area contributed by atoms with Gasteiger partial charge in [0.15, 0.2) is 0 Å². The summed E-state index contributed by atoms with van der Waals surface area (Å²) in [6.45, 7) is 9.57. The molecule has 0 saturated heterocycles. The van der Waals surface area contributed by atoms with Crippen LogP contribution < -0.4 is 20.7 Å². The second kappa shape index (κ2) is 15.2. The monoisotopic (exact) mass is 564 g/mol. The molecule has 0 atom stereocenters. The molecule has 2 amide bonds. The number of rotatable bonds is 14. The first-order valence-corrected chi connectivity index (χ1v) is 13.3. The van der Waals surface area contributed by atoms with Gasteiger partial charge in [-0.25, -0.2) is 4.79 Å². The fourth-order valence-electron chi connectivity index (χ4n) is 3.03. The van der Waals surface area contributed by atoms with Gasteiger partial charge in [-0.1, -0.05) is 28.1 Å². The number of hydrogen-bond acceptors (Lipinski definition) is 8. The summed E-state index contributed by atoms with van der Waals surface area (Å²) in [7, 11) is 0. The average molecular weight is 566 g/mol. The summed E-state index contributed by atoms with van der Waals surface area (Å²) in [6.07, 6.45) is 2.48. The van der Waals surface area contributed by atoms with Gasteiger partial charge in [-0.3, -0.25) is 4.79 Å². The molecule has 1 aromatic carbocycles. The zero-order valence-corrected chi connectivity index (χ0v) is 23.1. The number of hydrogen-bond donors (Lipinski definition) is 3. The number of halogens is 1. The van der Waals surface area contributed by atoms with Crippen LogP contribution in [-0.2, 0) is 11.2 Å². The highest BCUT2D eigenvalue weighted by atomic mass is 79.9. The predicted octanol–water partition coefficient (Wildman–Crippen LogP) is 4.09. The van der Waals surface area contributed by atoms with E-state index in [2.05, 4.69) is 46.8 Å². The fraction of sp³-hybridized carbons (Fsp3) is 0.560. The van der Waals surface area contributed by atoms with E-state index in [9.17, 15) is 9.59 Å². The first-order valence-electron chi connectivity index (χ1n) is 12.2. The van der Waals surface area contributed by atoms with Gasteiger partial charge >= 0.3 is 12.1 Å². The average Bonchev–Trinajstić information content (AvgIpc) is 2.81. The van der Waals surface area contributed by atoms with Gasteiger partial charge in [-0.2, -0.15) is 15.0 Å². The summed E-state index contributed by atoms with van der Waals surface area (Å²) in [5.41, 5.74) is 1.03. The van der Waals surface area contributed by atoms with Gasteiger partial charge in [-0.05, 0) is 64.7 Å². The highest BCUT2D eigenvalue weighted by Crippen LogP contribution is 2.13. The van der Waals surface area contributed by atoms with Crippen LogP contribution in [0.5, 0.6) is 6.01 Å². The lowest BCUT2D eigenvalue weighted by Crippen LogP contribution is -2.33. The van der Waals surface area contributed by atoms with Crippen LogP contribution in [0.3, 0.4) is 0 Å². The molecule has 0 spiro atoms. The molecule has 0 aliphatic rings. The van der Waals surface area contributed by atoms with Crippen LogP contribution in [0.4, 0.5) is 10.7 Å². The molecule has 0 aliphatic heterocycles. The molecule has 3 N–H and O–H groups in total. The van der Waals surface area contributed by atoms with E-state index >= 15 is 0 Å². The Bertz CT molecular complexity index is 966. The lowest BCUT2D eigenvalue weighted by Gasteiger charge is -2.19. The summed E-state index contributed by atoms with van der Waals surface area (Å²) in [6, 6.07) is 7.65. The van der Waals surface area contributed by atoms with Crippen LogP contribution in [-0.4, -0.2) is 64.1 Å². The quantitative estimate of drug-likeness (QED) is 0.231. The Morgan fingerprint density at radius 1 is 0.944 bits per heavy atom. The molecule has 1 heterocycles. The van der Waals surface area contributed by atoms with Crippen molar-refractivity contribution in [2.24, 2.45) is 0 Å². The van der Waals surface area contributed by atoms with E-state index in [1.165, 1.54) is 0 Å². The van der Waals surface area contributed by atoms with Crippen molar-refractivity contribution < 1.29 is 19.1 Å². The molecule has 10 nitrogen and oxygen atoms in total. The summed E-state index contributed by atoms with van der Waals surface area (Å²) in [5.74, 6) is 0.937. The maximum atomic E-state index is 12.4. The lowest BCUT2D eigenvalue weighted by atomic mass is 10.1. The Labute approximate surface area is 221 Å². The van der Waals surface area contributed by atoms with E-state index in [1.54, 1.807) is 12.1 Å². The number of aromatic nitrogens is 3. The van der Waals surface area contributed by atoms with E-state index < -0.39 is 11.7 Å². The van der Waals surface area contributed by atoms with Gasteiger partial charge in [0.1, 0.15) is 11.4 Å². The summed E-state index contributed by atoms with van der Waals surface area (Å²) in [4.78, 5) is 37.2. The molecule has 0 unspecified atom stereocenters. The number of ether oxygens (including phenoxy) is 2. The zero-order chi connectivity index (χ0) is 26.4. The number of carbonyl (C=O) groups excluding carboxylic acids is 2. The molecular formula is C25H37BrN6O4. The standard InChI is InChI=1S/C25H37BrN6O4/c1-5-35-23-31-20(30-22(32-23)28-16-8-13-26)17-18-9-11-19(12-10-18)21(33)27-14-6-7-15-29-24(34)36-25(2,3)4/h9-12H,5-8,13-17H2,1-4H3,(H,27,33)(H,29,34)(H,28,30,31,32). The van der Waals surface area contributed by atoms with Crippen molar-refractivity contribution in [3.05, 3.63) is 41.2 Å². The predicted molar refractivity (Wildman–Crippen MR) is 143 cm³/mol. The van der Waals surface area contributed by atoms with Crippen LogP contribution in [0.2, 0.25) is 0 Å². The smallest absolute Gasteiger partial charge is 0.407 e. The molecule has 0 bridgehead atoms. The van der Waals surface area contributed by atoms with Gasteiger partial charge < -0.3 is 25.4 Å². The molecular weight excluding hydrogens is 528 g/mol. The maximum absolute atomic E-state index is 12.4. The normalized spacial score (nSPS) is 11.0. The van der Waals surface area contributed by atoms with E-state index in [0.29, 0.717) is 49.5 Å². The number of carbonyl (C=O) groups is 2. The van der Waals surface area contributed by atoms with Gasteiger partial charge in [0, 0.05) is 36.9 Å². The minimum Gasteiger partial charge on any atom is -0.464 e. The van der Waals surface area contributed by atoms with Gasteiger partial charge in [0.05, 0.1) is 6.61 Å². The molecule has 198 valence electrons. The molecule has 11 heteroatoms. The van der Waals surface area contributed by atoms with Gasteiger partial charge in [0.25, 0.3) is 5.91 Å². The van der Waals surface area contributed by atoms with Crippen LogP contribution in [0.15, 0.2) is 24.3 Å². The van der Waals surface area contributed by atoms with Crippen LogP contribution >= 0.6 is 15.9 Å². The highest BCUT2D eigenvalue weighted by Gasteiger charge is 2.15. The van der Waals surface area contributed by atoms with Gasteiger partial charge in [0.2, 0.25) is 5.95 Å². The Balaban J connectivity index is 1.81. The van der Waals surface area contributed by atoms with E-state index in [0.717, 1.165) is 36.7 Å². The molecule has 0 aliphatic carbocycles. The number of alkyl carbamates (subject to hydrolysis) is 1. The minimum absolute atomic E-state index is 0.140. The minimum atomic E-state index is -0.516. The molecule has 1 aromatic heterocycles. The van der Waals surface area contributed by atoms with Crippen molar-refractivity contribution in [1.29, 1.82) is 0 Å². The van der Waals surface area contributed by atoms with Crippen molar-refractivity contribution in [2.45, 2.75) is 59.0 Å². The topological polar surface area (TPSA) is 127 Å². The number of anilines is 1. The lowest BCUT2D eigenvalue weighted by molar-refractivity contribution is 0.0526. The molecule has 0 saturated carbocycles. The first-order chi connectivity index (χ1) is 17.2. The Hall–Kier alpha value is -2.95. The highest BCUT2D eigenvalue weighted by molar-refractivity contribution is 9.09. The third kappa shape index (κ3) is 11.7. The molecule has 2 aromatic rings. The SMILES string of the molecule is CCOc1nc(Cc2ccc(C(=O)NCCCCNC(=O)OC(C)(C)C)cc2)nc(NCCCBr)n1. The second-order valence-electron chi connectivity index (χ2n) is 9.03. The fourth-order valence-corrected chi connectivity index (χ4v) is 3.31. The number of nitrogens with zero attached hydrogens (tertiary/aromatic N) is 3. The number of unbranched alkanes of at least 4 members (excludes halogenated alkanes) is 1. The molecule has 36 heavy (non-hydrogen) atoms. The molecule has 2 rings (SSSR count). The second-order valence-corrected chi connectivity index (χ2v) is 9.82. The largest absolute Gasteiger partial charge is 0.464 e. The van der Waals surface area contributed by atoms with Crippen molar-refractivity contribution in [2.75, 3.05) is 36.9 Å². The van der Waals surface area contributed by atoms with Crippen molar-refractivity contribution in [1.82, 2.24) is 25.6 Å². The number of amides is 2. The van der Waals surface area contributed by atoms with Crippen LogP contribution in [0.25, 0.3) is 0 Å². The van der Waals surface area contributed by atoms with E-state index in [4.69, 9.17) is 9.47 Å². The third-order valence-electron chi connectivity index (χ3n) is 4.66. The summed E-state index contributed by atoms with van der Waals surface area (Å²) in [5, 5.41) is 9.69. The Morgan fingerprint density at radius 3 is 2.28 bits per heavy atom. The maximum Gasteiger partial charge on any atom is 0.407 e. The first kappa shape index (κ1) is 29.3. The molecule has 0 radical (unpaired) electrons.